The molecule has 2 bridgehead atoms. The van der Waals surface area contributed by atoms with Gasteiger partial charge in [-0.3, -0.25) is 4.79 Å². The first kappa shape index (κ1) is 26.3. The van der Waals surface area contributed by atoms with Crippen LogP contribution in [-0.4, -0.2) is 64.3 Å². The molecule has 180 valence electrons. The van der Waals surface area contributed by atoms with Crippen molar-refractivity contribution in [1.29, 1.82) is 0 Å². The molecule has 7 nitrogen and oxygen atoms in total. The SMILES string of the molecule is NCCCNCCCCNCCCNC(=O)[C@H](N)CCCCNCC1CC2C=CC1C2. The van der Waals surface area contributed by atoms with Gasteiger partial charge in [0.2, 0.25) is 5.91 Å². The summed E-state index contributed by atoms with van der Waals surface area (Å²) in [7, 11) is 0. The van der Waals surface area contributed by atoms with Crippen molar-refractivity contribution in [3.8, 4) is 0 Å². The fraction of sp³-hybridized carbons (Fsp3) is 0.875. The number of hydrogen-bond acceptors (Lipinski definition) is 6. The number of nitrogens with one attached hydrogen (secondary N) is 4. The molecule has 0 heterocycles. The highest BCUT2D eigenvalue weighted by molar-refractivity contribution is 5.81. The average molecular weight is 437 g/mol. The fourth-order valence-electron chi connectivity index (χ4n) is 4.70. The second-order valence-electron chi connectivity index (χ2n) is 9.34. The molecule has 0 aliphatic heterocycles. The van der Waals surface area contributed by atoms with Crippen molar-refractivity contribution in [2.24, 2.45) is 29.2 Å². The van der Waals surface area contributed by atoms with Gasteiger partial charge in [-0.25, -0.2) is 0 Å². The van der Waals surface area contributed by atoms with E-state index in [1.165, 1.54) is 25.7 Å². The zero-order chi connectivity index (χ0) is 22.2. The Bertz CT molecular complexity index is 500. The number of carbonyl (C=O) groups excluding carboxylic acids is 1. The molecular formula is C24H48N6O. The van der Waals surface area contributed by atoms with Crippen molar-refractivity contribution in [3.63, 3.8) is 0 Å². The van der Waals surface area contributed by atoms with E-state index in [0.717, 1.165) is 95.7 Å². The van der Waals surface area contributed by atoms with E-state index >= 15 is 0 Å². The van der Waals surface area contributed by atoms with Crippen LogP contribution < -0.4 is 32.7 Å². The van der Waals surface area contributed by atoms with Crippen molar-refractivity contribution < 1.29 is 4.79 Å². The second kappa shape index (κ2) is 16.6. The monoisotopic (exact) mass is 436 g/mol. The van der Waals surface area contributed by atoms with E-state index in [4.69, 9.17) is 11.5 Å². The van der Waals surface area contributed by atoms with Crippen molar-refractivity contribution in [3.05, 3.63) is 12.2 Å². The van der Waals surface area contributed by atoms with Gasteiger partial charge in [0.15, 0.2) is 0 Å². The minimum Gasteiger partial charge on any atom is -0.355 e. The molecular weight excluding hydrogens is 388 g/mol. The summed E-state index contributed by atoms with van der Waals surface area (Å²) in [5.41, 5.74) is 11.5. The Labute approximate surface area is 189 Å². The maximum Gasteiger partial charge on any atom is 0.236 e. The Morgan fingerprint density at radius 2 is 1.52 bits per heavy atom. The van der Waals surface area contributed by atoms with Crippen LogP contribution in [0.3, 0.4) is 0 Å². The molecule has 0 radical (unpaired) electrons. The Morgan fingerprint density at radius 3 is 2.19 bits per heavy atom. The number of amides is 1. The number of carbonyl (C=O) groups is 1. The van der Waals surface area contributed by atoms with Gasteiger partial charge in [0.1, 0.15) is 0 Å². The first-order valence-corrected chi connectivity index (χ1v) is 12.7. The van der Waals surface area contributed by atoms with Gasteiger partial charge in [-0.1, -0.05) is 18.6 Å². The molecule has 31 heavy (non-hydrogen) atoms. The molecule has 4 atom stereocenters. The van der Waals surface area contributed by atoms with E-state index in [1.54, 1.807) is 0 Å². The third-order valence-electron chi connectivity index (χ3n) is 6.62. The van der Waals surface area contributed by atoms with Crippen molar-refractivity contribution in [1.82, 2.24) is 21.3 Å². The number of hydrogen-bond donors (Lipinski definition) is 6. The number of unbranched alkanes of at least 4 members (excludes halogenated alkanes) is 2. The minimum absolute atomic E-state index is 0.00900. The maximum atomic E-state index is 12.1. The summed E-state index contributed by atoms with van der Waals surface area (Å²) in [5, 5.41) is 13.4. The van der Waals surface area contributed by atoms with Gasteiger partial charge in [0, 0.05) is 6.54 Å². The van der Waals surface area contributed by atoms with Crippen LogP contribution >= 0.6 is 0 Å². The topological polar surface area (TPSA) is 117 Å². The molecule has 0 saturated heterocycles. The third kappa shape index (κ3) is 11.4. The van der Waals surface area contributed by atoms with E-state index in [2.05, 4.69) is 33.4 Å². The van der Waals surface area contributed by atoms with Gasteiger partial charge in [-0.15, -0.1) is 0 Å². The minimum atomic E-state index is -0.379. The van der Waals surface area contributed by atoms with E-state index in [-0.39, 0.29) is 11.9 Å². The number of rotatable bonds is 20. The highest BCUT2D eigenvalue weighted by Crippen LogP contribution is 2.42. The molecule has 2 aliphatic carbocycles. The van der Waals surface area contributed by atoms with Crippen molar-refractivity contribution >= 4 is 5.91 Å². The molecule has 3 unspecified atom stereocenters. The second-order valence-corrected chi connectivity index (χ2v) is 9.34. The lowest BCUT2D eigenvalue weighted by Gasteiger charge is -2.18. The lowest BCUT2D eigenvalue weighted by atomic mass is 9.93. The van der Waals surface area contributed by atoms with Gasteiger partial charge in [-0.2, -0.15) is 0 Å². The standard InChI is InChI=1S/C24H48N6O/c25-10-5-14-27-11-3-4-12-28-15-6-16-30-24(31)23(26)7-1-2-13-29-19-22-18-20-8-9-21(22)17-20/h8-9,20-23,27-29H,1-7,10-19,25-26H2,(H,30,31)/t20?,21?,22?,23-/m1/s1. The summed E-state index contributed by atoms with van der Waals surface area (Å²) in [6, 6.07) is -0.379. The summed E-state index contributed by atoms with van der Waals surface area (Å²) in [6.45, 7) is 7.65. The zero-order valence-electron chi connectivity index (χ0n) is 19.5. The molecule has 0 aromatic carbocycles. The Hall–Kier alpha value is -0.990. The first-order valence-electron chi connectivity index (χ1n) is 12.7. The van der Waals surface area contributed by atoms with Gasteiger partial charge < -0.3 is 32.7 Å². The van der Waals surface area contributed by atoms with Gasteiger partial charge in [-0.05, 0) is 115 Å². The Balaban J connectivity index is 1.31. The van der Waals surface area contributed by atoms with E-state index < -0.39 is 0 Å². The largest absolute Gasteiger partial charge is 0.355 e. The molecule has 8 N–H and O–H groups in total. The first-order chi connectivity index (χ1) is 15.2. The summed E-state index contributed by atoms with van der Waals surface area (Å²) < 4.78 is 0. The third-order valence-corrected chi connectivity index (χ3v) is 6.62. The molecule has 2 aliphatic rings. The summed E-state index contributed by atoms with van der Waals surface area (Å²) in [4.78, 5) is 12.1. The summed E-state index contributed by atoms with van der Waals surface area (Å²) in [5.74, 6) is 2.49. The van der Waals surface area contributed by atoms with Crippen LogP contribution in [0.4, 0.5) is 0 Å². The van der Waals surface area contributed by atoms with Crippen LogP contribution in [0, 0.1) is 17.8 Å². The molecule has 1 saturated carbocycles. The van der Waals surface area contributed by atoms with Crippen molar-refractivity contribution in [2.75, 3.05) is 52.4 Å². The smallest absolute Gasteiger partial charge is 0.236 e. The zero-order valence-corrected chi connectivity index (χ0v) is 19.5. The predicted octanol–water partition coefficient (Wildman–Crippen LogP) is 1.10. The van der Waals surface area contributed by atoms with Crippen LogP contribution in [0.1, 0.15) is 57.8 Å². The normalized spacial score (nSPS) is 22.8. The highest BCUT2D eigenvalue weighted by Gasteiger charge is 2.34. The average Bonchev–Trinajstić information content (AvgIpc) is 3.40. The van der Waals surface area contributed by atoms with Crippen LogP contribution in [0.25, 0.3) is 0 Å². The number of fused-ring (bicyclic) bond motifs is 2. The van der Waals surface area contributed by atoms with E-state index in [1.807, 2.05) is 0 Å². The number of allylic oxidation sites excluding steroid dienone is 2. The van der Waals surface area contributed by atoms with Crippen LogP contribution in [0.15, 0.2) is 12.2 Å². The molecule has 1 fully saturated rings. The molecule has 0 aromatic rings. The lowest BCUT2D eigenvalue weighted by molar-refractivity contribution is -0.122. The van der Waals surface area contributed by atoms with Gasteiger partial charge in [0.05, 0.1) is 6.04 Å². The summed E-state index contributed by atoms with van der Waals surface area (Å²) in [6.07, 6.45) is 14.7. The van der Waals surface area contributed by atoms with E-state index in [9.17, 15) is 4.79 Å². The Morgan fingerprint density at radius 1 is 0.839 bits per heavy atom. The van der Waals surface area contributed by atoms with Crippen LogP contribution in [0.2, 0.25) is 0 Å². The van der Waals surface area contributed by atoms with Crippen LogP contribution in [-0.2, 0) is 4.79 Å². The van der Waals surface area contributed by atoms with Crippen LogP contribution in [0.5, 0.6) is 0 Å². The highest BCUT2D eigenvalue weighted by atomic mass is 16.2. The molecule has 0 aromatic heterocycles. The molecule has 1 amide bonds. The van der Waals surface area contributed by atoms with Crippen molar-refractivity contribution in [2.45, 2.75) is 63.8 Å². The number of nitrogens with two attached hydrogens (primary N) is 2. The lowest BCUT2D eigenvalue weighted by Crippen LogP contribution is -2.41. The molecule has 0 spiro atoms. The maximum absolute atomic E-state index is 12.1. The van der Waals surface area contributed by atoms with E-state index in [0.29, 0.717) is 6.54 Å². The molecule has 7 heteroatoms. The van der Waals surface area contributed by atoms with Gasteiger partial charge in [0.25, 0.3) is 0 Å². The molecule has 2 rings (SSSR count). The fourth-order valence-corrected chi connectivity index (χ4v) is 4.70. The quantitative estimate of drug-likeness (QED) is 0.126. The predicted molar refractivity (Wildman–Crippen MR) is 130 cm³/mol. The Kier molecular flexibility index (Phi) is 14.1. The summed E-state index contributed by atoms with van der Waals surface area (Å²) >= 11 is 0. The van der Waals surface area contributed by atoms with Gasteiger partial charge >= 0.3 is 0 Å².